The molecule has 0 aliphatic carbocycles. The summed E-state index contributed by atoms with van der Waals surface area (Å²) in [6.45, 7) is 7.00. The van der Waals surface area contributed by atoms with Gasteiger partial charge in [0.15, 0.2) is 0 Å². The summed E-state index contributed by atoms with van der Waals surface area (Å²) in [5.41, 5.74) is 2.03. The van der Waals surface area contributed by atoms with E-state index in [-0.39, 0.29) is 17.7 Å². The van der Waals surface area contributed by atoms with Gasteiger partial charge in [-0.15, -0.1) is 0 Å². The summed E-state index contributed by atoms with van der Waals surface area (Å²) in [5.74, 6) is 0.376. The van der Waals surface area contributed by atoms with Gasteiger partial charge in [0.05, 0.1) is 5.41 Å². The van der Waals surface area contributed by atoms with Crippen LogP contribution in [0.3, 0.4) is 0 Å². The summed E-state index contributed by atoms with van der Waals surface area (Å²) in [6.07, 6.45) is 0.831. The zero-order valence-corrected chi connectivity index (χ0v) is 13.9. The van der Waals surface area contributed by atoms with Crippen LogP contribution < -0.4 is 10.6 Å². The highest BCUT2D eigenvalue weighted by Gasteiger charge is 2.55. The minimum absolute atomic E-state index is 0.0614. The van der Waals surface area contributed by atoms with E-state index in [0.29, 0.717) is 26.2 Å². The number of nitrogens with zero attached hydrogens (tertiary/aromatic N) is 1. The molecule has 2 aliphatic heterocycles. The summed E-state index contributed by atoms with van der Waals surface area (Å²) in [6, 6.07) is 8.36. The van der Waals surface area contributed by atoms with E-state index in [2.05, 4.69) is 35.8 Å². The largest absolute Gasteiger partial charge is 0.355 e. The third kappa shape index (κ3) is 3.11. The van der Waals surface area contributed by atoms with Crippen LogP contribution in [0.15, 0.2) is 24.3 Å². The predicted octanol–water partition coefficient (Wildman–Crippen LogP) is 0.722. The molecule has 2 atom stereocenters. The fourth-order valence-corrected chi connectivity index (χ4v) is 3.85. The standard InChI is InChI=1S/C18H25N3O2/c1-13-4-3-5-15(8-13)6-7-20-17(23)18-11-19-9-16(18)10-21(12-18)14(2)22/h3-5,8,16,19H,6-7,9-12H2,1-2H3,(H,20,23)/t16-,18-/m1/s1. The lowest BCUT2D eigenvalue weighted by atomic mass is 9.80. The smallest absolute Gasteiger partial charge is 0.229 e. The van der Waals surface area contributed by atoms with Crippen molar-refractivity contribution in [1.29, 1.82) is 0 Å². The molecule has 124 valence electrons. The molecule has 0 aromatic heterocycles. The molecule has 0 radical (unpaired) electrons. The zero-order chi connectivity index (χ0) is 16.4. The lowest BCUT2D eigenvalue weighted by molar-refractivity contribution is -0.132. The average Bonchev–Trinajstić information content (AvgIpc) is 3.05. The highest BCUT2D eigenvalue weighted by atomic mass is 16.2. The Morgan fingerprint density at radius 3 is 3.00 bits per heavy atom. The van der Waals surface area contributed by atoms with E-state index in [0.717, 1.165) is 13.0 Å². The fourth-order valence-electron chi connectivity index (χ4n) is 3.85. The molecular weight excluding hydrogens is 290 g/mol. The van der Waals surface area contributed by atoms with E-state index in [4.69, 9.17) is 0 Å². The normalized spacial score (nSPS) is 26.2. The second kappa shape index (κ2) is 6.32. The molecule has 3 rings (SSSR count). The molecule has 2 N–H and O–H groups in total. The van der Waals surface area contributed by atoms with E-state index < -0.39 is 5.41 Å². The number of carbonyl (C=O) groups is 2. The van der Waals surface area contributed by atoms with Crippen LogP contribution in [0.25, 0.3) is 0 Å². The van der Waals surface area contributed by atoms with Crippen LogP contribution in [-0.2, 0) is 16.0 Å². The lowest BCUT2D eigenvalue weighted by Crippen LogP contribution is -2.48. The van der Waals surface area contributed by atoms with E-state index in [1.165, 1.54) is 11.1 Å². The highest BCUT2D eigenvalue weighted by molar-refractivity contribution is 5.86. The minimum atomic E-state index is -0.446. The number of nitrogens with one attached hydrogen (secondary N) is 2. The van der Waals surface area contributed by atoms with Gasteiger partial charge < -0.3 is 15.5 Å². The molecule has 0 unspecified atom stereocenters. The second-order valence-corrected chi connectivity index (χ2v) is 6.88. The van der Waals surface area contributed by atoms with E-state index >= 15 is 0 Å². The number of likely N-dealkylation sites (tertiary alicyclic amines) is 1. The topological polar surface area (TPSA) is 61.4 Å². The minimum Gasteiger partial charge on any atom is -0.355 e. The average molecular weight is 315 g/mol. The van der Waals surface area contributed by atoms with Gasteiger partial charge in [0.1, 0.15) is 0 Å². The SMILES string of the molecule is CC(=O)N1C[C@H]2CNC[C@@]2(C(=O)NCCc2cccc(C)c2)C1. The number of benzene rings is 1. The van der Waals surface area contributed by atoms with Gasteiger partial charge in [0, 0.05) is 45.6 Å². The molecule has 23 heavy (non-hydrogen) atoms. The van der Waals surface area contributed by atoms with Crippen molar-refractivity contribution in [2.45, 2.75) is 20.3 Å². The monoisotopic (exact) mass is 315 g/mol. The van der Waals surface area contributed by atoms with E-state index in [9.17, 15) is 9.59 Å². The molecule has 0 bridgehead atoms. The quantitative estimate of drug-likeness (QED) is 0.861. The van der Waals surface area contributed by atoms with Crippen LogP contribution in [0, 0.1) is 18.3 Å². The van der Waals surface area contributed by atoms with Crippen molar-refractivity contribution >= 4 is 11.8 Å². The van der Waals surface area contributed by atoms with Gasteiger partial charge in [-0.05, 0) is 18.9 Å². The molecular formula is C18H25N3O2. The summed E-state index contributed by atoms with van der Waals surface area (Å²) in [7, 11) is 0. The number of rotatable bonds is 4. The van der Waals surface area contributed by atoms with E-state index in [1.54, 1.807) is 6.92 Å². The number of fused-ring (bicyclic) bond motifs is 1. The fraction of sp³-hybridized carbons (Fsp3) is 0.556. The number of hydrogen-bond acceptors (Lipinski definition) is 3. The van der Waals surface area contributed by atoms with Crippen LogP contribution >= 0.6 is 0 Å². The van der Waals surface area contributed by atoms with Gasteiger partial charge in [0.2, 0.25) is 11.8 Å². The molecule has 0 spiro atoms. The molecule has 1 aromatic carbocycles. The number of amides is 2. The number of hydrogen-bond donors (Lipinski definition) is 2. The Labute approximate surface area is 137 Å². The molecule has 2 aliphatic rings. The Kier molecular flexibility index (Phi) is 4.39. The van der Waals surface area contributed by atoms with Gasteiger partial charge in [0.25, 0.3) is 0 Å². The Bertz CT molecular complexity index is 616. The molecule has 2 saturated heterocycles. The van der Waals surface area contributed by atoms with Crippen molar-refractivity contribution in [2.24, 2.45) is 11.3 Å². The Morgan fingerprint density at radius 2 is 2.26 bits per heavy atom. The van der Waals surface area contributed by atoms with Gasteiger partial charge in [-0.3, -0.25) is 9.59 Å². The highest BCUT2D eigenvalue weighted by Crippen LogP contribution is 2.39. The van der Waals surface area contributed by atoms with Gasteiger partial charge in [-0.2, -0.15) is 0 Å². The van der Waals surface area contributed by atoms with Crippen LogP contribution in [0.2, 0.25) is 0 Å². The predicted molar refractivity (Wildman–Crippen MR) is 88.9 cm³/mol. The maximum Gasteiger partial charge on any atom is 0.229 e. The molecule has 5 heteroatoms. The Hall–Kier alpha value is -1.88. The summed E-state index contributed by atoms with van der Waals surface area (Å²) in [5, 5.41) is 6.42. The molecule has 2 amide bonds. The van der Waals surface area contributed by atoms with Crippen molar-refractivity contribution in [3.63, 3.8) is 0 Å². The van der Waals surface area contributed by atoms with Gasteiger partial charge in [-0.1, -0.05) is 29.8 Å². The first kappa shape index (κ1) is 16.0. The Balaban J connectivity index is 1.60. The maximum absolute atomic E-state index is 12.8. The molecule has 2 fully saturated rings. The first-order valence-corrected chi connectivity index (χ1v) is 8.31. The first-order chi connectivity index (χ1) is 11.0. The summed E-state index contributed by atoms with van der Waals surface area (Å²) < 4.78 is 0. The molecule has 1 aromatic rings. The lowest BCUT2D eigenvalue weighted by Gasteiger charge is -2.26. The van der Waals surface area contributed by atoms with Crippen molar-refractivity contribution in [2.75, 3.05) is 32.7 Å². The summed E-state index contributed by atoms with van der Waals surface area (Å²) in [4.78, 5) is 26.2. The van der Waals surface area contributed by atoms with Crippen molar-refractivity contribution < 1.29 is 9.59 Å². The van der Waals surface area contributed by atoms with Crippen molar-refractivity contribution in [3.05, 3.63) is 35.4 Å². The Morgan fingerprint density at radius 1 is 1.43 bits per heavy atom. The molecule has 2 heterocycles. The second-order valence-electron chi connectivity index (χ2n) is 6.88. The zero-order valence-electron chi connectivity index (χ0n) is 13.9. The molecule has 5 nitrogen and oxygen atoms in total. The van der Waals surface area contributed by atoms with Crippen molar-refractivity contribution in [1.82, 2.24) is 15.5 Å². The third-order valence-corrected chi connectivity index (χ3v) is 5.21. The van der Waals surface area contributed by atoms with Crippen LogP contribution in [0.1, 0.15) is 18.1 Å². The van der Waals surface area contributed by atoms with E-state index in [1.807, 2.05) is 11.0 Å². The van der Waals surface area contributed by atoms with Crippen LogP contribution in [0.4, 0.5) is 0 Å². The van der Waals surface area contributed by atoms with Crippen LogP contribution in [0.5, 0.6) is 0 Å². The third-order valence-electron chi connectivity index (χ3n) is 5.21. The molecule has 0 saturated carbocycles. The van der Waals surface area contributed by atoms with Crippen molar-refractivity contribution in [3.8, 4) is 0 Å². The maximum atomic E-state index is 12.8. The summed E-state index contributed by atoms with van der Waals surface area (Å²) >= 11 is 0. The van der Waals surface area contributed by atoms with Gasteiger partial charge >= 0.3 is 0 Å². The first-order valence-electron chi connectivity index (χ1n) is 8.31. The number of carbonyl (C=O) groups excluding carboxylic acids is 2. The van der Waals surface area contributed by atoms with Crippen LogP contribution in [-0.4, -0.2) is 49.4 Å². The van der Waals surface area contributed by atoms with Gasteiger partial charge in [-0.25, -0.2) is 0 Å². The number of aryl methyl sites for hydroxylation is 1.